The quantitative estimate of drug-likeness (QED) is 0.623. The Morgan fingerprint density at radius 3 is 2.55 bits per heavy atom. The molecule has 0 atom stereocenters. The summed E-state index contributed by atoms with van der Waals surface area (Å²) < 4.78 is 0.134. The molecule has 60 valence electrons. The van der Waals surface area contributed by atoms with E-state index in [-0.39, 0.29) is 3.42 Å². The smallest absolute Gasteiger partial charge is 0.123 e. The van der Waals surface area contributed by atoms with Crippen LogP contribution in [0.4, 0.5) is 5.82 Å². The van der Waals surface area contributed by atoms with Crippen LogP contribution in [0.1, 0.15) is 19.4 Å². The zero-order chi connectivity index (χ0) is 8.48. The molecular formula is C8H11IN2. The van der Waals surface area contributed by atoms with Crippen molar-refractivity contribution in [1.29, 1.82) is 0 Å². The fraction of sp³-hybridized carbons (Fsp3) is 0.375. The van der Waals surface area contributed by atoms with Crippen molar-refractivity contribution >= 4 is 28.4 Å². The minimum absolute atomic E-state index is 0.134. The highest BCUT2D eigenvalue weighted by molar-refractivity contribution is 14.1. The number of anilines is 1. The first kappa shape index (κ1) is 8.77. The molecule has 0 spiro atoms. The first-order valence-corrected chi connectivity index (χ1v) is 4.49. The Morgan fingerprint density at radius 2 is 2.18 bits per heavy atom. The molecule has 0 unspecified atom stereocenters. The van der Waals surface area contributed by atoms with Crippen molar-refractivity contribution in [2.45, 2.75) is 17.3 Å². The molecule has 3 heteroatoms. The molecule has 0 aromatic carbocycles. The number of aromatic nitrogens is 1. The van der Waals surface area contributed by atoms with Crippen LogP contribution in [0, 0.1) is 0 Å². The van der Waals surface area contributed by atoms with Gasteiger partial charge < -0.3 is 5.73 Å². The van der Waals surface area contributed by atoms with E-state index in [4.69, 9.17) is 5.73 Å². The second kappa shape index (κ2) is 2.97. The van der Waals surface area contributed by atoms with Crippen LogP contribution in [0.25, 0.3) is 0 Å². The summed E-state index contributed by atoms with van der Waals surface area (Å²) in [5.74, 6) is 0.590. The van der Waals surface area contributed by atoms with E-state index in [1.807, 2.05) is 12.1 Å². The summed E-state index contributed by atoms with van der Waals surface area (Å²) in [4.78, 5) is 3.93. The Hall–Kier alpha value is -0.320. The maximum absolute atomic E-state index is 5.54. The average molecular weight is 262 g/mol. The Kier molecular flexibility index (Phi) is 2.37. The fourth-order valence-electron chi connectivity index (χ4n) is 0.818. The van der Waals surface area contributed by atoms with Crippen LogP contribution in [-0.2, 0) is 3.42 Å². The minimum atomic E-state index is 0.134. The molecule has 1 aromatic rings. The number of halogens is 1. The lowest BCUT2D eigenvalue weighted by atomic mass is 10.1. The molecule has 11 heavy (non-hydrogen) atoms. The lowest BCUT2D eigenvalue weighted by Gasteiger charge is -2.16. The third-order valence-corrected chi connectivity index (χ3v) is 2.09. The largest absolute Gasteiger partial charge is 0.384 e. The van der Waals surface area contributed by atoms with Gasteiger partial charge in [-0.15, -0.1) is 0 Å². The number of hydrogen-bond donors (Lipinski definition) is 1. The van der Waals surface area contributed by atoms with Gasteiger partial charge in [0.25, 0.3) is 0 Å². The lowest BCUT2D eigenvalue weighted by molar-refractivity contribution is 0.825. The molecule has 1 heterocycles. The van der Waals surface area contributed by atoms with E-state index in [1.165, 1.54) is 5.56 Å². The molecule has 1 aromatic heterocycles. The van der Waals surface area contributed by atoms with Crippen LogP contribution in [0.15, 0.2) is 18.3 Å². The highest BCUT2D eigenvalue weighted by atomic mass is 127. The van der Waals surface area contributed by atoms with Gasteiger partial charge in [-0.05, 0) is 31.5 Å². The maximum atomic E-state index is 5.54. The Labute approximate surface area is 80.3 Å². The SMILES string of the molecule is CC(C)(I)c1ccnc(N)c1. The van der Waals surface area contributed by atoms with E-state index in [0.717, 1.165) is 0 Å². The van der Waals surface area contributed by atoms with Gasteiger partial charge in [-0.25, -0.2) is 4.98 Å². The molecule has 0 aliphatic rings. The summed E-state index contributed by atoms with van der Waals surface area (Å²) in [5.41, 5.74) is 6.75. The summed E-state index contributed by atoms with van der Waals surface area (Å²) in [5, 5.41) is 0. The summed E-state index contributed by atoms with van der Waals surface area (Å²) in [6.07, 6.45) is 1.74. The summed E-state index contributed by atoms with van der Waals surface area (Å²) >= 11 is 2.38. The molecule has 0 fully saturated rings. The van der Waals surface area contributed by atoms with Gasteiger partial charge in [0.15, 0.2) is 0 Å². The highest BCUT2D eigenvalue weighted by Crippen LogP contribution is 2.30. The molecule has 1 rings (SSSR count). The number of nitrogens with zero attached hydrogens (tertiary/aromatic N) is 1. The van der Waals surface area contributed by atoms with E-state index in [9.17, 15) is 0 Å². The molecule has 0 amide bonds. The standard InChI is InChI=1S/C8H11IN2/c1-8(2,9)6-3-4-11-7(10)5-6/h3-5H,1-2H3,(H2,10,11). The van der Waals surface area contributed by atoms with Crippen LogP contribution >= 0.6 is 22.6 Å². The Morgan fingerprint density at radius 1 is 1.55 bits per heavy atom. The maximum Gasteiger partial charge on any atom is 0.123 e. The molecule has 0 saturated carbocycles. The normalized spacial score (nSPS) is 11.5. The number of nitrogen functional groups attached to an aromatic ring is 1. The molecule has 2 nitrogen and oxygen atoms in total. The number of nitrogens with two attached hydrogens (primary N) is 1. The van der Waals surface area contributed by atoms with Crippen LogP contribution in [0.5, 0.6) is 0 Å². The van der Waals surface area contributed by atoms with Crippen LogP contribution in [-0.4, -0.2) is 4.98 Å². The van der Waals surface area contributed by atoms with E-state index in [2.05, 4.69) is 41.4 Å². The molecule has 0 aliphatic heterocycles. The van der Waals surface area contributed by atoms with Crippen molar-refractivity contribution in [2.75, 3.05) is 5.73 Å². The van der Waals surface area contributed by atoms with Crippen LogP contribution in [0.3, 0.4) is 0 Å². The third kappa shape index (κ3) is 2.32. The number of pyridine rings is 1. The molecular weight excluding hydrogens is 251 g/mol. The monoisotopic (exact) mass is 262 g/mol. The summed E-state index contributed by atoms with van der Waals surface area (Å²) in [6.45, 7) is 4.28. The average Bonchev–Trinajstić information content (AvgIpc) is 1.86. The predicted octanol–water partition coefficient (Wildman–Crippen LogP) is 2.33. The van der Waals surface area contributed by atoms with E-state index in [0.29, 0.717) is 5.82 Å². The van der Waals surface area contributed by atoms with Crippen molar-refractivity contribution in [2.24, 2.45) is 0 Å². The van der Waals surface area contributed by atoms with E-state index < -0.39 is 0 Å². The molecule has 0 bridgehead atoms. The summed E-state index contributed by atoms with van der Waals surface area (Å²) in [6, 6.07) is 3.90. The lowest BCUT2D eigenvalue weighted by Crippen LogP contribution is -2.07. The van der Waals surface area contributed by atoms with Crippen molar-refractivity contribution in [3.05, 3.63) is 23.9 Å². The van der Waals surface area contributed by atoms with Gasteiger partial charge in [0.1, 0.15) is 5.82 Å². The van der Waals surface area contributed by atoms with Gasteiger partial charge in [0.2, 0.25) is 0 Å². The zero-order valence-corrected chi connectivity index (χ0v) is 8.79. The van der Waals surface area contributed by atoms with E-state index in [1.54, 1.807) is 6.20 Å². The van der Waals surface area contributed by atoms with Gasteiger partial charge in [-0.1, -0.05) is 22.6 Å². The highest BCUT2D eigenvalue weighted by Gasteiger charge is 2.15. The van der Waals surface area contributed by atoms with Crippen LogP contribution in [0.2, 0.25) is 0 Å². The van der Waals surface area contributed by atoms with Gasteiger partial charge >= 0.3 is 0 Å². The third-order valence-electron chi connectivity index (χ3n) is 1.47. The molecule has 0 radical (unpaired) electrons. The second-order valence-corrected chi connectivity index (χ2v) is 5.64. The number of alkyl halides is 1. The molecule has 2 N–H and O–H groups in total. The van der Waals surface area contributed by atoms with E-state index >= 15 is 0 Å². The predicted molar refractivity (Wildman–Crippen MR) is 55.7 cm³/mol. The number of hydrogen-bond acceptors (Lipinski definition) is 2. The Balaban J connectivity index is 3.06. The first-order valence-electron chi connectivity index (χ1n) is 3.41. The van der Waals surface area contributed by atoms with Gasteiger partial charge in [-0.3, -0.25) is 0 Å². The Bertz CT molecular complexity index is 253. The summed E-state index contributed by atoms with van der Waals surface area (Å²) in [7, 11) is 0. The fourth-order valence-corrected chi connectivity index (χ4v) is 1.15. The van der Waals surface area contributed by atoms with Gasteiger partial charge in [0, 0.05) is 9.62 Å². The van der Waals surface area contributed by atoms with Crippen LogP contribution < -0.4 is 5.73 Å². The van der Waals surface area contributed by atoms with Gasteiger partial charge in [0.05, 0.1) is 0 Å². The van der Waals surface area contributed by atoms with Gasteiger partial charge in [-0.2, -0.15) is 0 Å². The van der Waals surface area contributed by atoms with Crippen molar-refractivity contribution in [1.82, 2.24) is 4.98 Å². The van der Waals surface area contributed by atoms with Crippen molar-refractivity contribution < 1.29 is 0 Å². The number of rotatable bonds is 1. The second-order valence-electron chi connectivity index (χ2n) is 2.94. The first-order chi connectivity index (χ1) is 5.00. The zero-order valence-electron chi connectivity index (χ0n) is 6.63. The topological polar surface area (TPSA) is 38.9 Å². The molecule has 0 saturated heterocycles. The van der Waals surface area contributed by atoms with Crippen molar-refractivity contribution in [3.63, 3.8) is 0 Å². The molecule has 0 aliphatic carbocycles. The van der Waals surface area contributed by atoms with Crippen molar-refractivity contribution in [3.8, 4) is 0 Å². The minimum Gasteiger partial charge on any atom is -0.384 e.